The minimum atomic E-state index is 0.573. The van der Waals surface area contributed by atoms with Crippen molar-refractivity contribution in [1.29, 1.82) is 0 Å². The Morgan fingerprint density at radius 2 is 1.55 bits per heavy atom. The third-order valence-electron chi connectivity index (χ3n) is 4.08. The lowest BCUT2D eigenvalue weighted by molar-refractivity contribution is 0.497. The van der Waals surface area contributed by atoms with Crippen LogP contribution in [0, 0.1) is 0 Å². The van der Waals surface area contributed by atoms with Crippen molar-refractivity contribution < 1.29 is 0 Å². The summed E-state index contributed by atoms with van der Waals surface area (Å²) < 4.78 is 0. The van der Waals surface area contributed by atoms with Gasteiger partial charge in [0.05, 0.1) is 0 Å². The number of rotatable bonds is 13. The highest BCUT2D eigenvalue weighted by atomic mass is 32.1. The number of thiophene rings is 1. The van der Waals surface area contributed by atoms with E-state index in [1.54, 1.807) is 0 Å². The molecule has 0 spiro atoms. The zero-order valence-corrected chi connectivity index (χ0v) is 14.3. The third kappa shape index (κ3) is 8.06. The molecule has 1 aromatic heterocycles. The van der Waals surface area contributed by atoms with Gasteiger partial charge in [0.15, 0.2) is 0 Å². The minimum absolute atomic E-state index is 0.573. The maximum atomic E-state index is 3.45. The highest BCUT2D eigenvalue weighted by Gasteiger charge is 2.08. The van der Waals surface area contributed by atoms with Gasteiger partial charge in [-0.05, 0) is 24.9 Å². The predicted molar refractivity (Wildman–Crippen MR) is 92.6 cm³/mol. The van der Waals surface area contributed by atoms with E-state index >= 15 is 0 Å². The lowest BCUT2D eigenvalue weighted by Gasteiger charge is -2.14. The maximum absolute atomic E-state index is 3.45. The molecular formula is C18H33NS. The second-order valence-corrected chi connectivity index (χ2v) is 6.81. The Morgan fingerprint density at radius 3 is 2.05 bits per heavy atom. The molecule has 1 rings (SSSR count). The van der Waals surface area contributed by atoms with Gasteiger partial charge in [0.25, 0.3) is 0 Å². The van der Waals surface area contributed by atoms with Gasteiger partial charge in [0.2, 0.25) is 0 Å². The molecule has 0 bridgehead atoms. The van der Waals surface area contributed by atoms with Gasteiger partial charge in [-0.2, -0.15) is 0 Å². The van der Waals surface area contributed by atoms with Crippen molar-refractivity contribution in [1.82, 2.24) is 5.32 Å². The Balaban J connectivity index is 1.91. The summed E-state index contributed by atoms with van der Waals surface area (Å²) in [4.78, 5) is 1.49. The van der Waals surface area contributed by atoms with Crippen molar-refractivity contribution in [2.45, 2.75) is 83.6 Å². The van der Waals surface area contributed by atoms with Crippen molar-refractivity contribution >= 4 is 11.3 Å². The third-order valence-corrected chi connectivity index (χ3v) is 5.07. The Labute approximate surface area is 130 Å². The van der Waals surface area contributed by atoms with Crippen LogP contribution < -0.4 is 5.32 Å². The zero-order valence-electron chi connectivity index (χ0n) is 13.5. The average molecular weight is 296 g/mol. The van der Waals surface area contributed by atoms with E-state index in [-0.39, 0.29) is 0 Å². The summed E-state index contributed by atoms with van der Waals surface area (Å²) in [5.41, 5.74) is 0. The first-order valence-electron chi connectivity index (χ1n) is 8.59. The average Bonchev–Trinajstić information content (AvgIpc) is 2.99. The van der Waals surface area contributed by atoms with Gasteiger partial charge in [-0.25, -0.2) is 0 Å². The largest absolute Gasteiger partial charge is 0.312 e. The van der Waals surface area contributed by atoms with E-state index < -0.39 is 0 Å². The molecule has 1 unspecified atom stereocenters. The molecule has 0 saturated heterocycles. The number of hydrogen-bond donors (Lipinski definition) is 1. The van der Waals surface area contributed by atoms with Gasteiger partial charge in [-0.15, -0.1) is 11.3 Å². The molecule has 0 saturated carbocycles. The SMILES string of the molecule is CCCCCCCCCCCCC(NC)c1cccs1. The topological polar surface area (TPSA) is 12.0 Å². The fourth-order valence-corrected chi connectivity index (χ4v) is 3.63. The molecule has 1 nitrogen and oxygen atoms in total. The lowest BCUT2D eigenvalue weighted by Crippen LogP contribution is -2.14. The van der Waals surface area contributed by atoms with Crippen molar-refractivity contribution in [2.75, 3.05) is 7.05 Å². The van der Waals surface area contributed by atoms with Crippen LogP contribution in [0.5, 0.6) is 0 Å². The fraction of sp³-hybridized carbons (Fsp3) is 0.778. The summed E-state index contributed by atoms with van der Waals surface area (Å²) in [5.74, 6) is 0. The highest BCUT2D eigenvalue weighted by Crippen LogP contribution is 2.24. The molecule has 0 fully saturated rings. The van der Waals surface area contributed by atoms with Crippen LogP contribution in [0.4, 0.5) is 0 Å². The second-order valence-electron chi connectivity index (χ2n) is 5.83. The normalized spacial score (nSPS) is 12.7. The fourth-order valence-electron chi connectivity index (χ4n) is 2.75. The van der Waals surface area contributed by atoms with Crippen molar-refractivity contribution in [3.8, 4) is 0 Å². The van der Waals surface area contributed by atoms with Crippen LogP contribution in [-0.2, 0) is 0 Å². The quantitative estimate of drug-likeness (QED) is 0.420. The highest BCUT2D eigenvalue weighted by molar-refractivity contribution is 7.10. The van der Waals surface area contributed by atoms with Crippen LogP contribution in [0.1, 0.15) is 88.5 Å². The molecule has 0 radical (unpaired) electrons. The molecule has 116 valence electrons. The molecule has 0 amide bonds. The standard InChI is InChI=1S/C18H33NS/c1-3-4-5-6-7-8-9-10-11-12-14-17(19-2)18-15-13-16-20-18/h13,15-17,19H,3-12,14H2,1-2H3. The predicted octanol–water partition coefficient (Wildman–Crippen LogP) is 6.32. The first kappa shape index (κ1) is 17.7. The summed E-state index contributed by atoms with van der Waals surface area (Å²) in [5, 5.41) is 5.62. The maximum Gasteiger partial charge on any atom is 0.0412 e. The molecule has 0 aliphatic rings. The van der Waals surface area contributed by atoms with Gasteiger partial charge in [-0.3, -0.25) is 0 Å². The van der Waals surface area contributed by atoms with Gasteiger partial charge in [0.1, 0.15) is 0 Å². The molecule has 0 aliphatic heterocycles. The molecule has 20 heavy (non-hydrogen) atoms. The molecule has 1 heterocycles. The van der Waals surface area contributed by atoms with E-state index in [1.165, 1.54) is 75.5 Å². The Bertz CT molecular complexity index is 294. The molecule has 2 heteroatoms. The molecule has 0 aliphatic carbocycles. The first-order valence-corrected chi connectivity index (χ1v) is 9.47. The zero-order chi connectivity index (χ0) is 14.5. The monoisotopic (exact) mass is 295 g/mol. The lowest BCUT2D eigenvalue weighted by atomic mass is 10.0. The van der Waals surface area contributed by atoms with Gasteiger partial charge in [0, 0.05) is 10.9 Å². The Kier molecular flexibility index (Phi) is 11.0. The van der Waals surface area contributed by atoms with Crippen molar-refractivity contribution in [2.24, 2.45) is 0 Å². The molecule has 1 atom stereocenters. The van der Waals surface area contributed by atoms with Crippen molar-refractivity contribution in [3.05, 3.63) is 22.4 Å². The van der Waals surface area contributed by atoms with Crippen LogP contribution in [0.3, 0.4) is 0 Å². The second kappa shape index (κ2) is 12.4. The van der Waals surface area contributed by atoms with Crippen LogP contribution >= 0.6 is 11.3 Å². The summed E-state index contributed by atoms with van der Waals surface area (Å²) in [6.45, 7) is 2.29. The summed E-state index contributed by atoms with van der Waals surface area (Å²) >= 11 is 1.87. The minimum Gasteiger partial charge on any atom is -0.312 e. The van der Waals surface area contributed by atoms with Crippen LogP contribution in [-0.4, -0.2) is 7.05 Å². The van der Waals surface area contributed by atoms with E-state index in [0.717, 1.165) is 0 Å². The van der Waals surface area contributed by atoms with Gasteiger partial charge in [-0.1, -0.05) is 77.2 Å². The van der Waals surface area contributed by atoms with E-state index in [1.807, 2.05) is 11.3 Å². The molecule has 0 aromatic carbocycles. The Hall–Kier alpha value is -0.340. The number of hydrogen-bond acceptors (Lipinski definition) is 2. The van der Waals surface area contributed by atoms with Gasteiger partial charge >= 0.3 is 0 Å². The van der Waals surface area contributed by atoms with Crippen LogP contribution in [0.2, 0.25) is 0 Å². The van der Waals surface area contributed by atoms with Crippen LogP contribution in [0.15, 0.2) is 17.5 Å². The molecule has 1 N–H and O–H groups in total. The first-order chi connectivity index (χ1) is 9.88. The summed E-state index contributed by atoms with van der Waals surface area (Å²) in [7, 11) is 2.08. The van der Waals surface area contributed by atoms with E-state index in [0.29, 0.717) is 6.04 Å². The number of unbranched alkanes of at least 4 members (excludes halogenated alkanes) is 9. The summed E-state index contributed by atoms with van der Waals surface area (Å²) in [6.07, 6.45) is 15.5. The number of nitrogens with one attached hydrogen (secondary N) is 1. The molecule has 1 aromatic rings. The van der Waals surface area contributed by atoms with E-state index in [4.69, 9.17) is 0 Å². The van der Waals surface area contributed by atoms with Crippen molar-refractivity contribution in [3.63, 3.8) is 0 Å². The van der Waals surface area contributed by atoms with Crippen LogP contribution in [0.25, 0.3) is 0 Å². The van der Waals surface area contributed by atoms with E-state index in [2.05, 4.69) is 36.8 Å². The Morgan fingerprint density at radius 1 is 0.950 bits per heavy atom. The van der Waals surface area contributed by atoms with E-state index in [9.17, 15) is 0 Å². The molecular weight excluding hydrogens is 262 g/mol. The smallest absolute Gasteiger partial charge is 0.0412 e. The summed E-state index contributed by atoms with van der Waals surface area (Å²) in [6, 6.07) is 4.98. The van der Waals surface area contributed by atoms with Gasteiger partial charge < -0.3 is 5.32 Å².